The van der Waals surface area contributed by atoms with Crippen molar-refractivity contribution in [1.29, 1.82) is 0 Å². The molecule has 0 bridgehead atoms. The summed E-state index contributed by atoms with van der Waals surface area (Å²) in [6.45, 7) is 4.96. The maximum Gasteiger partial charge on any atom is 0.411 e. The lowest BCUT2D eigenvalue weighted by molar-refractivity contribution is 0.0634. The molecule has 8 nitrogen and oxygen atoms in total. The Labute approximate surface area is 192 Å². The van der Waals surface area contributed by atoms with Crippen LogP contribution in [0.15, 0.2) is 60.7 Å². The standard InChI is InChI=1S/C25H27N5O3/c1-17-22(27-30(26-17)21-11-7-4-8-12-21)24(31)28-15-13-20(14-16-28)29-18(2)23(33-25(29)32)19-9-5-3-6-10-19/h3-12,18,20,23H,13-16H2,1-2H3. The molecule has 5 rings (SSSR count). The van der Waals surface area contributed by atoms with Crippen molar-refractivity contribution in [3.8, 4) is 5.69 Å². The molecule has 2 amide bonds. The van der Waals surface area contributed by atoms with E-state index in [9.17, 15) is 9.59 Å². The number of piperidine rings is 1. The average Bonchev–Trinajstić information content (AvgIpc) is 3.39. The number of para-hydroxylation sites is 1. The minimum Gasteiger partial charge on any atom is -0.439 e. The number of carbonyl (C=O) groups excluding carboxylic acids is 2. The lowest BCUT2D eigenvalue weighted by Gasteiger charge is -2.37. The number of benzene rings is 2. The maximum atomic E-state index is 13.2. The minimum absolute atomic E-state index is 0.0476. The highest BCUT2D eigenvalue weighted by Crippen LogP contribution is 2.35. The van der Waals surface area contributed by atoms with Gasteiger partial charge in [0.25, 0.3) is 5.91 Å². The first-order chi connectivity index (χ1) is 16.0. The van der Waals surface area contributed by atoms with E-state index in [-0.39, 0.29) is 30.2 Å². The van der Waals surface area contributed by atoms with Gasteiger partial charge >= 0.3 is 6.09 Å². The molecular weight excluding hydrogens is 418 g/mol. The van der Waals surface area contributed by atoms with Crippen LogP contribution in [0.2, 0.25) is 0 Å². The molecule has 0 saturated carbocycles. The summed E-state index contributed by atoms with van der Waals surface area (Å²) in [6, 6.07) is 19.4. The number of aromatic nitrogens is 3. The van der Waals surface area contributed by atoms with Crippen molar-refractivity contribution in [2.45, 2.75) is 44.9 Å². The molecule has 3 aromatic rings. The Hall–Kier alpha value is -3.68. The third kappa shape index (κ3) is 3.97. The number of hydrogen-bond donors (Lipinski definition) is 0. The number of ether oxygens (including phenoxy) is 1. The maximum absolute atomic E-state index is 13.2. The Kier molecular flexibility index (Phi) is 5.58. The molecule has 0 N–H and O–H groups in total. The fraction of sp³-hybridized carbons (Fsp3) is 0.360. The van der Waals surface area contributed by atoms with E-state index in [1.165, 1.54) is 4.80 Å². The topological polar surface area (TPSA) is 80.6 Å². The predicted molar refractivity (Wildman–Crippen MR) is 122 cm³/mol. The summed E-state index contributed by atoms with van der Waals surface area (Å²) >= 11 is 0. The number of aryl methyl sites for hydroxylation is 1. The molecular formula is C25H27N5O3. The smallest absolute Gasteiger partial charge is 0.411 e. The predicted octanol–water partition coefficient (Wildman–Crippen LogP) is 3.76. The molecule has 0 spiro atoms. The number of likely N-dealkylation sites (tertiary alicyclic amines) is 1. The molecule has 0 aliphatic carbocycles. The number of rotatable bonds is 4. The normalized spacial score (nSPS) is 21.3. The second-order valence-electron chi connectivity index (χ2n) is 8.65. The van der Waals surface area contributed by atoms with E-state index in [1.807, 2.05) is 77.4 Å². The molecule has 2 fully saturated rings. The molecule has 2 unspecified atom stereocenters. The van der Waals surface area contributed by atoms with E-state index in [0.717, 1.165) is 11.3 Å². The Morgan fingerprint density at radius 3 is 2.27 bits per heavy atom. The average molecular weight is 446 g/mol. The third-order valence-electron chi connectivity index (χ3n) is 6.56. The van der Waals surface area contributed by atoms with E-state index < -0.39 is 0 Å². The first-order valence-electron chi connectivity index (χ1n) is 11.4. The van der Waals surface area contributed by atoms with Gasteiger partial charge in [0.1, 0.15) is 6.10 Å². The van der Waals surface area contributed by atoms with Crippen LogP contribution < -0.4 is 0 Å². The van der Waals surface area contributed by atoms with Crippen molar-refractivity contribution >= 4 is 12.0 Å². The first kappa shape index (κ1) is 21.2. The van der Waals surface area contributed by atoms with Crippen LogP contribution >= 0.6 is 0 Å². The highest BCUT2D eigenvalue weighted by Gasteiger charge is 2.44. The van der Waals surface area contributed by atoms with Gasteiger partial charge in [-0.15, -0.1) is 5.10 Å². The molecule has 33 heavy (non-hydrogen) atoms. The summed E-state index contributed by atoms with van der Waals surface area (Å²) in [5.74, 6) is -0.118. The number of hydrogen-bond acceptors (Lipinski definition) is 5. The summed E-state index contributed by atoms with van der Waals surface area (Å²) < 4.78 is 5.72. The zero-order valence-corrected chi connectivity index (χ0v) is 18.8. The molecule has 170 valence electrons. The van der Waals surface area contributed by atoms with Crippen molar-refractivity contribution in [3.63, 3.8) is 0 Å². The minimum atomic E-state index is -0.275. The lowest BCUT2D eigenvalue weighted by Crippen LogP contribution is -2.49. The van der Waals surface area contributed by atoms with Crippen molar-refractivity contribution in [2.24, 2.45) is 0 Å². The van der Waals surface area contributed by atoms with Gasteiger partial charge in [0, 0.05) is 19.1 Å². The quantitative estimate of drug-likeness (QED) is 0.611. The number of amides is 2. The third-order valence-corrected chi connectivity index (χ3v) is 6.56. The van der Waals surface area contributed by atoms with Gasteiger partial charge in [0.2, 0.25) is 0 Å². The van der Waals surface area contributed by atoms with E-state index in [2.05, 4.69) is 10.2 Å². The van der Waals surface area contributed by atoms with Crippen LogP contribution in [-0.4, -0.2) is 62.0 Å². The fourth-order valence-corrected chi connectivity index (χ4v) is 4.80. The monoisotopic (exact) mass is 445 g/mol. The van der Waals surface area contributed by atoms with Gasteiger partial charge in [-0.25, -0.2) is 4.79 Å². The second-order valence-corrected chi connectivity index (χ2v) is 8.65. The van der Waals surface area contributed by atoms with Crippen LogP contribution in [0.4, 0.5) is 4.79 Å². The van der Waals surface area contributed by atoms with Crippen LogP contribution in [0.1, 0.15) is 47.6 Å². The van der Waals surface area contributed by atoms with Gasteiger partial charge in [-0.1, -0.05) is 48.5 Å². The largest absolute Gasteiger partial charge is 0.439 e. The molecule has 2 aliphatic heterocycles. The highest BCUT2D eigenvalue weighted by atomic mass is 16.6. The molecule has 0 radical (unpaired) electrons. The summed E-state index contributed by atoms with van der Waals surface area (Å²) in [7, 11) is 0. The van der Waals surface area contributed by atoms with Gasteiger partial charge in [-0.05, 0) is 44.4 Å². The van der Waals surface area contributed by atoms with Crippen LogP contribution in [0.25, 0.3) is 5.69 Å². The zero-order valence-electron chi connectivity index (χ0n) is 18.8. The zero-order chi connectivity index (χ0) is 22.9. The first-order valence-corrected chi connectivity index (χ1v) is 11.4. The number of carbonyl (C=O) groups is 2. The Morgan fingerprint density at radius 2 is 1.61 bits per heavy atom. The summed E-state index contributed by atoms with van der Waals surface area (Å²) in [5, 5.41) is 8.87. The Morgan fingerprint density at radius 1 is 0.970 bits per heavy atom. The van der Waals surface area contributed by atoms with Crippen molar-refractivity contribution in [1.82, 2.24) is 24.8 Å². The van der Waals surface area contributed by atoms with Gasteiger partial charge < -0.3 is 9.64 Å². The van der Waals surface area contributed by atoms with Gasteiger partial charge in [-0.2, -0.15) is 9.90 Å². The van der Waals surface area contributed by atoms with E-state index in [4.69, 9.17) is 4.74 Å². The molecule has 2 aliphatic rings. The SMILES string of the molecule is Cc1nn(-c2ccccc2)nc1C(=O)N1CCC(N2C(=O)OC(c3ccccc3)C2C)CC1. The van der Waals surface area contributed by atoms with Crippen molar-refractivity contribution < 1.29 is 14.3 Å². The molecule has 8 heteroatoms. The Balaban J connectivity index is 1.25. The van der Waals surface area contributed by atoms with Crippen LogP contribution in [0.5, 0.6) is 0 Å². The van der Waals surface area contributed by atoms with E-state index in [0.29, 0.717) is 37.3 Å². The van der Waals surface area contributed by atoms with Crippen LogP contribution in [0, 0.1) is 6.92 Å². The van der Waals surface area contributed by atoms with Crippen LogP contribution in [0.3, 0.4) is 0 Å². The molecule has 2 saturated heterocycles. The number of nitrogens with zero attached hydrogens (tertiary/aromatic N) is 5. The summed E-state index contributed by atoms with van der Waals surface area (Å²) in [5.41, 5.74) is 2.79. The van der Waals surface area contributed by atoms with Crippen molar-refractivity contribution in [2.75, 3.05) is 13.1 Å². The lowest BCUT2D eigenvalue weighted by atomic mass is 9.98. The van der Waals surface area contributed by atoms with E-state index in [1.54, 1.807) is 6.92 Å². The molecule has 3 heterocycles. The summed E-state index contributed by atoms with van der Waals surface area (Å²) in [4.78, 5) is 31.0. The highest BCUT2D eigenvalue weighted by molar-refractivity contribution is 5.93. The second kappa shape index (κ2) is 8.69. The van der Waals surface area contributed by atoms with E-state index >= 15 is 0 Å². The van der Waals surface area contributed by atoms with Crippen molar-refractivity contribution in [3.05, 3.63) is 77.6 Å². The van der Waals surface area contributed by atoms with Crippen LogP contribution in [-0.2, 0) is 4.74 Å². The number of cyclic esters (lactones) is 1. The fourth-order valence-electron chi connectivity index (χ4n) is 4.80. The molecule has 1 aromatic heterocycles. The summed E-state index contributed by atoms with van der Waals surface area (Å²) in [6.07, 6.45) is 0.869. The van der Waals surface area contributed by atoms with Gasteiger partial charge in [0.05, 0.1) is 17.4 Å². The van der Waals surface area contributed by atoms with Gasteiger partial charge in [0.15, 0.2) is 5.69 Å². The molecule has 2 atom stereocenters. The molecule has 2 aromatic carbocycles. The van der Waals surface area contributed by atoms with Gasteiger partial charge in [-0.3, -0.25) is 9.69 Å². The Bertz CT molecular complexity index is 1140.